The summed E-state index contributed by atoms with van der Waals surface area (Å²) in [6.07, 6.45) is 5.60. The molecule has 3 aromatic rings. The van der Waals surface area contributed by atoms with Crippen LogP contribution in [0, 0.1) is 17.5 Å². The van der Waals surface area contributed by atoms with Crippen molar-refractivity contribution in [3.63, 3.8) is 0 Å². The van der Waals surface area contributed by atoms with Gasteiger partial charge in [0, 0.05) is 75.0 Å². The molecule has 0 aliphatic carbocycles. The molecule has 0 spiro atoms. The van der Waals surface area contributed by atoms with Crippen LogP contribution in [0.25, 0.3) is 0 Å². The summed E-state index contributed by atoms with van der Waals surface area (Å²) in [5.74, 6) is -1.67. The van der Waals surface area contributed by atoms with E-state index in [0.29, 0.717) is 35.3 Å². The summed E-state index contributed by atoms with van der Waals surface area (Å²) in [7, 11) is 2.63. The van der Waals surface area contributed by atoms with Crippen molar-refractivity contribution in [2.45, 2.75) is 31.7 Å². The van der Waals surface area contributed by atoms with Crippen molar-refractivity contribution in [3.05, 3.63) is 65.2 Å². The second-order valence-electron chi connectivity index (χ2n) is 10.1. The van der Waals surface area contributed by atoms with Crippen LogP contribution in [0.4, 0.5) is 30.5 Å². The van der Waals surface area contributed by atoms with Gasteiger partial charge < -0.3 is 25.0 Å². The van der Waals surface area contributed by atoms with Gasteiger partial charge in [-0.1, -0.05) is 0 Å². The van der Waals surface area contributed by atoms with Crippen LogP contribution in [-0.2, 0) is 12.8 Å². The zero-order valence-electron chi connectivity index (χ0n) is 22.9. The van der Waals surface area contributed by atoms with Gasteiger partial charge in [-0.05, 0) is 49.4 Å². The van der Waals surface area contributed by atoms with E-state index in [9.17, 15) is 8.78 Å². The van der Waals surface area contributed by atoms with Gasteiger partial charge in [-0.15, -0.1) is 0 Å². The fourth-order valence-corrected chi connectivity index (χ4v) is 5.46. The minimum Gasteiger partial charge on any atom is -0.494 e. The first kappa shape index (κ1) is 28.0. The quantitative estimate of drug-likeness (QED) is 0.404. The normalized spacial score (nSPS) is 16.7. The van der Waals surface area contributed by atoms with Crippen molar-refractivity contribution in [2.75, 3.05) is 63.7 Å². The van der Waals surface area contributed by atoms with E-state index in [-0.39, 0.29) is 29.3 Å². The van der Waals surface area contributed by atoms with Gasteiger partial charge in [-0.3, -0.25) is 4.90 Å². The number of nitrogens with zero attached hydrogens (tertiary/aromatic N) is 4. The Kier molecular flexibility index (Phi) is 8.91. The molecule has 40 heavy (non-hydrogen) atoms. The number of piperazine rings is 1. The minimum absolute atomic E-state index is 0.0700. The predicted molar refractivity (Wildman–Crippen MR) is 148 cm³/mol. The molecule has 2 saturated heterocycles. The molecule has 2 aliphatic heterocycles. The highest BCUT2D eigenvalue weighted by molar-refractivity contribution is 5.60. The molecule has 0 amide bonds. The monoisotopic (exact) mass is 556 g/mol. The van der Waals surface area contributed by atoms with Gasteiger partial charge in [-0.25, -0.2) is 23.1 Å². The highest BCUT2D eigenvalue weighted by Crippen LogP contribution is 2.32. The van der Waals surface area contributed by atoms with E-state index in [2.05, 4.69) is 30.4 Å². The molecule has 214 valence electrons. The van der Waals surface area contributed by atoms with Gasteiger partial charge in [0.2, 0.25) is 5.95 Å². The molecule has 5 rings (SSSR count). The summed E-state index contributed by atoms with van der Waals surface area (Å²) in [6, 6.07) is 6.82. The Balaban J connectivity index is 1.17. The third-order valence-electron chi connectivity index (χ3n) is 7.71. The topological polar surface area (TPSA) is 74.8 Å². The highest BCUT2D eigenvalue weighted by atomic mass is 19.1. The molecule has 1 aromatic heterocycles. The highest BCUT2D eigenvalue weighted by Gasteiger charge is 2.26. The van der Waals surface area contributed by atoms with Crippen LogP contribution >= 0.6 is 0 Å². The number of hydrogen-bond acceptors (Lipinski definition) is 8. The van der Waals surface area contributed by atoms with Crippen molar-refractivity contribution < 1.29 is 22.6 Å². The lowest BCUT2D eigenvalue weighted by Gasteiger charge is -2.41. The Hall–Kier alpha value is -3.57. The third-order valence-corrected chi connectivity index (χ3v) is 7.71. The van der Waals surface area contributed by atoms with Gasteiger partial charge in [0.1, 0.15) is 5.82 Å². The standard InChI is InChI=1S/C29H35F3N6O2/c1-39-25-16-26(40-2)28(32)22(27(25)31)5-3-19-17-34-29(35-18-19)36-20-4-6-24(23(30)15-20)38-11-7-21(8-12-38)37-13-9-33-10-14-37/h4,6,15-18,21,33H,3,5,7-14H2,1-2H3,(H,34,35,36). The van der Waals surface area contributed by atoms with Crippen LogP contribution in [0.3, 0.4) is 0 Å². The van der Waals surface area contributed by atoms with Crippen molar-refractivity contribution in [1.29, 1.82) is 0 Å². The number of benzene rings is 2. The lowest BCUT2D eigenvalue weighted by atomic mass is 10.0. The minimum atomic E-state index is -0.755. The first-order chi connectivity index (χ1) is 19.5. The molecule has 2 fully saturated rings. The van der Waals surface area contributed by atoms with E-state index in [0.717, 1.165) is 52.1 Å². The lowest BCUT2D eigenvalue weighted by Crippen LogP contribution is -2.52. The van der Waals surface area contributed by atoms with Crippen LogP contribution in [0.1, 0.15) is 24.0 Å². The number of aryl methyl sites for hydroxylation is 1. The number of piperidine rings is 1. The molecular formula is C29H35F3N6O2. The number of aromatic nitrogens is 2. The molecule has 2 aromatic carbocycles. The zero-order chi connectivity index (χ0) is 28.1. The molecule has 2 N–H and O–H groups in total. The molecule has 0 radical (unpaired) electrons. The Bertz CT molecular complexity index is 1270. The predicted octanol–water partition coefficient (Wildman–Crippen LogP) is 4.31. The second kappa shape index (κ2) is 12.7. The maximum absolute atomic E-state index is 15.1. The number of ether oxygens (including phenoxy) is 2. The Morgan fingerprint density at radius 3 is 2.15 bits per heavy atom. The Morgan fingerprint density at radius 1 is 0.900 bits per heavy atom. The van der Waals surface area contributed by atoms with Gasteiger partial charge in [-0.2, -0.15) is 0 Å². The number of rotatable bonds is 9. The summed E-state index contributed by atoms with van der Waals surface area (Å²) in [6.45, 7) is 5.90. The average molecular weight is 557 g/mol. The molecule has 0 unspecified atom stereocenters. The maximum atomic E-state index is 15.1. The second-order valence-corrected chi connectivity index (χ2v) is 10.1. The summed E-state index contributed by atoms with van der Waals surface area (Å²) in [5, 5.41) is 6.42. The number of nitrogens with one attached hydrogen (secondary N) is 2. The lowest BCUT2D eigenvalue weighted by molar-refractivity contribution is 0.150. The first-order valence-corrected chi connectivity index (χ1v) is 13.6. The van der Waals surface area contributed by atoms with Crippen LogP contribution in [-0.4, -0.2) is 74.4 Å². The van der Waals surface area contributed by atoms with Crippen molar-refractivity contribution >= 4 is 17.3 Å². The molecule has 11 heteroatoms. The van der Waals surface area contributed by atoms with E-state index in [1.807, 2.05) is 6.07 Å². The van der Waals surface area contributed by atoms with Gasteiger partial charge >= 0.3 is 0 Å². The van der Waals surface area contributed by atoms with Crippen LogP contribution in [0.15, 0.2) is 36.7 Å². The van der Waals surface area contributed by atoms with E-state index in [1.165, 1.54) is 26.4 Å². The molecule has 0 atom stereocenters. The SMILES string of the molecule is COc1cc(OC)c(F)c(CCc2cnc(Nc3ccc(N4CCC(N5CCNCC5)CC4)c(F)c3)nc2)c1F. The molecule has 0 bridgehead atoms. The van der Waals surface area contributed by atoms with E-state index < -0.39 is 11.6 Å². The first-order valence-electron chi connectivity index (χ1n) is 13.6. The van der Waals surface area contributed by atoms with E-state index >= 15 is 4.39 Å². The van der Waals surface area contributed by atoms with Gasteiger partial charge in [0.15, 0.2) is 23.1 Å². The summed E-state index contributed by atoms with van der Waals surface area (Å²) in [4.78, 5) is 13.3. The van der Waals surface area contributed by atoms with Crippen molar-refractivity contribution in [2.24, 2.45) is 0 Å². The number of methoxy groups -OCH3 is 2. The average Bonchev–Trinajstić information content (AvgIpc) is 2.99. The number of hydrogen-bond donors (Lipinski definition) is 2. The fourth-order valence-electron chi connectivity index (χ4n) is 5.46. The fraction of sp³-hybridized carbons (Fsp3) is 0.448. The third kappa shape index (κ3) is 6.26. The van der Waals surface area contributed by atoms with Gasteiger partial charge in [0.25, 0.3) is 0 Å². The Morgan fingerprint density at radius 2 is 1.55 bits per heavy atom. The van der Waals surface area contributed by atoms with Crippen LogP contribution < -0.4 is 25.0 Å². The molecule has 2 aliphatic rings. The largest absolute Gasteiger partial charge is 0.494 e. The van der Waals surface area contributed by atoms with E-state index in [1.54, 1.807) is 18.5 Å². The molecule has 3 heterocycles. The zero-order valence-corrected chi connectivity index (χ0v) is 22.9. The molecular weight excluding hydrogens is 521 g/mol. The summed E-state index contributed by atoms with van der Waals surface area (Å²) >= 11 is 0. The van der Waals surface area contributed by atoms with Crippen LogP contribution in [0.5, 0.6) is 11.5 Å². The molecule has 8 nitrogen and oxygen atoms in total. The number of halogens is 3. The smallest absolute Gasteiger partial charge is 0.227 e. The Labute approximate surface area is 232 Å². The summed E-state index contributed by atoms with van der Waals surface area (Å²) < 4.78 is 54.3. The molecule has 0 saturated carbocycles. The summed E-state index contributed by atoms with van der Waals surface area (Å²) in [5.41, 5.74) is 1.71. The van der Waals surface area contributed by atoms with Gasteiger partial charge in [0.05, 0.1) is 19.9 Å². The van der Waals surface area contributed by atoms with E-state index in [4.69, 9.17) is 9.47 Å². The maximum Gasteiger partial charge on any atom is 0.227 e. The van der Waals surface area contributed by atoms with Crippen molar-refractivity contribution in [1.82, 2.24) is 20.2 Å². The number of anilines is 3. The van der Waals surface area contributed by atoms with Crippen LogP contribution in [0.2, 0.25) is 0 Å². The van der Waals surface area contributed by atoms with Crippen molar-refractivity contribution in [3.8, 4) is 11.5 Å².